The molecule has 92 valence electrons. The van der Waals surface area contributed by atoms with Crippen LogP contribution in [0.4, 0.5) is 5.69 Å². The SMILES string of the molecule is Cc1ccc(CNC(=S)Nc2ccccc2)cc1. The third-order valence-electron chi connectivity index (χ3n) is 2.61. The average molecular weight is 256 g/mol. The minimum Gasteiger partial charge on any atom is -0.358 e. The van der Waals surface area contributed by atoms with Gasteiger partial charge in [0.25, 0.3) is 0 Å². The summed E-state index contributed by atoms with van der Waals surface area (Å²) in [5, 5.41) is 6.97. The molecule has 0 aliphatic heterocycles. The van der Waals surface area contributed by atoms with Gasteiger partial charge in [-0.05, 0) is 36.8 Å². The lowest BCUT2D eigenvalue weighted by Crippen LogP contribution is -2.27. The van der Waals surface area contributed by atoms with E-state index in [0.29, 0.717) is 5.11 Å². The quantitative estimate of drug-likeness (QED) is 0.822. The van der Waals surface area contributed by atoms with E-state index in [0.717, 1.165) is 12.2 Å². The normalized spacial score (nSPS) is 9.83. The summed E-state index contributed by atoms with van der Waals surface area (Å²) in [5.74, 6) is 0. The first-order valence-corrected chi connectivity index (χ1v) is 6.30. The molecule has 0 atom stereocenters. The number of nitrogens with one attached hydrogen (secondary N) is 2. The van der Waals surface area contributed by atoms with Crippen molar-refractivity contribution >= 4 is 23.0 Å². The van der Waals surface area contributed by atoms with Gasteiger partial charge in [0.2, 0.25) is 0 Å². The van der Waals surface area contributed by atoms with E-state index in [-0.39, 0.29) is 0 Å². The second-order valence-corrected chi connectivity index (χ2v) is 4.57. The van der Waals surface area contributed by atoms with Gasteiger partial charge in [-0.1, -0.05) is 48.0 Å². The summed E-state index contributed by atoms with van der Waals surface area (Å²) in [4.78, 5) is 0. The number of hydrogen-bond donors (Lipinski definition) is 2. The van der Waals surface area contributed by atoms with Gasteiger partial charge >= 0.3 is 0 Å². The van der Waals surface area contributed by atoms with Crippen molar-refractivity contribution in [1.29, 1.82) is 0 Å². The standard InChI is InChI=1S/C15H16N2S/c1-12-7-9-13(10-8-12)11-16-15(18)17-14-5-3-2-4-6-14/h2-10H,11H2,1H3,(H2,16,17,18). The van der Waals surface area contributed by atoms with Crippen LogP contribution in [0.2, 0.25) is 0 Å². The maximum atomic E-state index is 5.24. The smallest absolute Gasteiger partial charge is 0.171 e. The van der Waals surface area contributed by atoms with Crippen LogP contribution in [-0.2, 0) is 6.54 Å². The van der Waals surface area contributed by atoms with E-state index < -0.39 is 0 Å². The molecule has 0 saturated carbocycles. The first-order valence-electron chi connectivity index (χ1n) is 5.89. The van der Waals surface area contributed by atoms with E-state index in [2.05, 4.69) is 41.8 Å². The van der Waals surface area contributed by atoms with Crippen LogP contribution in [0.15, 0.2) is 54.6 Å². The summed E-state index contributed by atoms with van der Waals surface area (Å²) in [5.41, 5.74) is 3.49. The molecule has 0 amide bonds. The highest BCUT2D eigenvalue weighted by Gasteiger charge is 1.97. The second-order valence-electron chi connectivity index (χ2n) is 4.16. The van der Waals surface area contributed by atoms with Gasteiger partial charge in [0.05, 0.1) is 0 Å². The van der Waals surface area contributed by atoms with Crippen molar-refractivity contribution in [2.24, 2.45) is 0 Å². The fourth-order valence-corrected chi connectivity index (χ4v) is 1.78. The molecule has 3 heteroatoms. The van der Waals surface area contributed by atoms with Crippen molar-refractivity contribution in [3.63, 3.8) is 0 Å². The minimum absolute atomic E-state index is 0.641. The maximum Gasteiger partial charge on any atom is 0.171 e. The summed E-state index contributed by atoms with van der Waals surface area (Å²) in [6.45, 7) is 2.82. The van der Waals surface area contributed by atoms with Crippen LogP contribution in [0, 0.1) is 6.92 Å². The molecule has 2 nitrogen and oxygen atoms in total. The third kappa shape index (κ3) is 3.86. The van der Waals surface area contributed by atoms with E-state index in [1.54, 1.807) is 0 Å². The van der Waals surface area contributed by atoms with Crippen molar-refractivity contribution in [1.82, 2.24) is 5.32 Å². The van der Waals surface area contributed by atoms with Crippen molar-refractivity contribution in [2.75, 3.05) is 5.32 Å². The highest BCUT2D eigenvalue weighted by Crippen LogP contribution is 2.05. The molecule has 0 fully saturated rings. The molecule has 0 radical (unpaired) electrons. The van der Waals surface area contributed by atoms with Crippen LogP contribution < -0.4 is 10.6 Å². The Labute approximate surface area is 113 Å². The number of hydrogen-bond acceptors (Lipinski definition) is 1. The Morgan fingerprint density at radius 2 is 1.67 bits per heavy atom. The zero-order valence-corrected chi connectivity index (χ0v) is 11.1. The molecule has 2 N–H and O–H groups in total. The largest absolute Gasteiger partial charge is 0.358 e. The Morgan fingerprint density at radius 1 is 1.00 bits per heavy atom. The second kappa shape index (κ2) is 6.17. The van der Waals surface area contributed by atoms with Crippen LogP contribution in [-0.4, -0.2) is 5.11 Å². The topological polar surface area (TPSA) is 24.1 Å². The van der Waals surface area contributed by atoms with Gasteiger partial charge in [0, 0.05) is 12.2 Å². The van der Waals surface area contributed by atoms with E-state index in [9.17, 15) is 0 Å². The van der Waals surface area contributed by atoms with Crippen molar-refractivity contribution in [2.45, 2.75) is 13.5 Å². The van der Waals surface area contributed by atoms with Crippen LogP contribution in [0.1, 0.15) is 11.1 Å². The number of aryl methyl sites for hydroxylation is 1. The molecular weight excluding hydrogens is 240 g/mol. The predicted molar refractivity (Wildman–Crippen MR) is 80.7 cm³/mol. The van der Waals surface area contributed by atoms with Crippen LogP contribution in [0.3, 0.4) is 0 Å². The van der Waals surface area contributed by atoms with E-state index in [1.165, 1.54) is 11.1 Å². The molecule has 0 bridgehead atoms. The van der Waals surface area contributed by atoms with Crippen molar-refractivity contribution < 1.29 is 0 Å². The lowest BCUT2D eigenvalue weighted by atomic mass is 10.1. The molecular formula is C15H16N2S. The summed E-state index contributed by atoms with van der Waals surface area (Å²) in [6, 6.07) is 18.3. The Morgan fingerprint density at radius 3 is 2.33 bits per heavy atom. The summed E-state index contributed by atoms with van der Waals surface area (Å²) >= 11 is 5.24. The molecule has 0 aliphatic rings. The van der Waals surface area contributed by atoms with E-state index in [4.69, 9.17) is 12.2 Å². The number of rotatable bonds is 3. The summed E-state index contributed by atoms with van der Waals surface area (Å²) in [6.07, 6.45) is 0. The molecule has 0 spiro atoms. The first kappa shape index (κ1) is 12.6. The lowest BCUT2D eigenvalue weighted by Gasteiger charge is -2.10. The van der Waals surface area contributed by atoms with Crippen molar-refractivity contribution in [3.8, 4) is 0 Å². The number of para-hydroxylation sites is 1. The fourth-order valence-electron chi connectivity index (χ4n) is 1.59. The number of anilines is 1. The Balaban J connectivity index is 1.83. The minimum atomic E-state index is 0.641. The van der Waals surface area contributed by atoms with Crippen LogP contribution in [0.25, 0.3) is 0 Å². The molecule has 0 heterocycles. The molecule has 2 rings (SSSR count). The maximum absolute atomic E-state index is 5.24. The Bertz CT molecular complexity index is 506. The highest BCUT2D eigenvalue weighted by atomic mass is 32.1. The monoisotopic (exact) mass is 256 g/mol. The molecule has 0 aliphatic carbocycles. The Hall–Kier alpha value is -1.87. The number of benzene rings is 2. The molecule has 0 unspecified atom stereocenters. The summed E-state index contributed by atoms with van der Waals surface area (Å²) < 4.78 is 0. The zero-order valence-electron chi connectivity index (χ0n) is 10.3. The van der Waals surface area contributed by atoms with Gasteiger partial charge in [0.1, 0.15) is 0 Å². The lowest BCUT2D eigenvalue weighted by molar-refractivity contribution is 0.925. The van der Waals surface area contributed by atoms with Crippen molar-refractivity contribution in [3.05, 3.63) is 65.7 Å². The third-order valence-corrected chi connectivity index (χ3v) is 2.85. The van der Waals surface area contributed by atoms with Gasteiger partial charge in [-0.3, -0.25) is 0 Å². The van der Waals surface area contributed by atoms with Gasteiger partial charge in [0.15, 0.2) is 5.11 Å². The van der Waals surface area contributed by atoms with E-state index in [1.807, 2.05) is 30.3 Å². The van der Waals surface area contributed by atoms with Gasteiger partial charge in [-0.2, -0.15) is 0 Å². The molecule has 2 aromatic carbocycles. The summed E-state index contributed by atoms with van der Waals surface area (Å²) in [7, 11) is 0. The average Bonchev–Trinajstić information content (AvgIpc) is 2.39. The molecule has 2 aromatic rings. The molecule has 0 aromatic heterocycles. The fraction of sp³-hybridized carbons (Fsp3) is 0.133. The highest BCUT2D eigenvalue weighted by molar-refractivity contribution is 7.80. The van der Waals surface area contributed by atoms with Gasteiger partial charge in [-0.15, -0.1) is 0 Å². The predicted octanol–water partition coefficient (Wildman–Crippen LogP) is 3.48. The number of thiocarbonyl (C=S) groups is 1. The van der Waals surface area contributed by atoms with Crippen LogP contribution >= 0.6 is 12.2 Å². The van der Waals surface area contributed by atoms with Gasteiger partial charge in [-0.25, -0.2) is 0 Å². The van der Waals surface area contributed by atoms with Crippen LogP contribution in [0.5, 0.6) is 0 Å². The van der Waals surface area contributed by atoms with Gasteiger partial charge < -0.3 is 10.6 Å². The first-order chi connectivity index (χ1) is 8.74. The zero-order chi connectivity index (χ0) is 12.8. The molecule has 18 heavy (non-hydrogen) atoms. The molecule has 0 saturated heterocycles. The van der Waals surface area contributed by atoms with E-state index >= 15 is 0 Å². The Kier molecular flexibility index (Phi) is 4.31.